The molecule has 0 aliphatic heterocycles. The molecule has 0 aliphatic carbocycles. The number of unbranched alkanes of at least 4 members (excludes halogenated alkanes) is 1. The summed E-state index contributed by atoms with van der Waals surface area (Å²) in [5.41, 5.74) is 0. The molecule has 0 saturated carbocycles. The van der Waals surface area contributed by atoms with E-state index in [0.717, 1.165) is 6.54 Å². The van der Waals surface area contributed by atoms with Gasteiger partial charge in [0.15, 0.2) is 29.8 Å². The summed E-state index contributed by atoms with van der Waals surface area (Å²) in [6.45, 7) is 3.36. The minimum absolute atomic E-state index is 0. The van der Waals surface area contributed by atoms with Crippen LogP contribution >= 0.6 is 37.2 Å². The van der Waals surface area contributed by atoms with Crippen LogP contribution < -0.4 is 4.57 Å². The van der Waals surface area contributed by atoms with Crippen LogP contribution in [0.4, 0.5) is 0 Å². The van der Waals surface area contributed by atoms with Crippen LogP contribution in [0.5, 0.6) is 0 Å². The number of hydrogen-bond donors (Lipinski definition) is 0. The molecule has 0 radical (unpaired) electrons. The van der Waals surface area contributed by atoms with Gasteiger partial charge in [0, 0.05) is 18.6 Å². The van der Waals surface area contributed by atoms with E-state index in [9.17, 15) is 0 Å². The first-order valence-corrected chi connectivity index (χ1v) is 3.87. The second kappa shape index (κ2) is 16.0. The Morgan fingerprint density at radius 1 is 0.929 bits per heavy atom. The fraction of sp³-hybridized carbons (Fsp3) is 0.444. The van der Waals surface area contributed by atoms with Gasteiger partial charge < -0.3 is 0 Å². The molecule has 14 heavy (non-hydrogen) atoms. The number of aromatic nitrogens is 1. The number of hydrogen-bond acceptors (Lipinski definition) is 0. The summed E-state index contributed by atoms with van der Waals surface area (Å²) in [5.74, 6) is 0. The predicted octanol–water partition coefficient (Wildman–Crippen LogP) is 1.86. The molecule has 1 heterocycles. The number of aryl methyl sites for hydroxylation is 1. The highest BCUT2D eigenvalue weighted by Gasteiger charge is 1.93. The first-order valence-electron chi connectivity index (χ1n) is 3.87. The van der Waals surface area contributed by atoms with Crippen LogP contribution in [0.15, 0.2) is 30.6 Å². The van der Waals surface area contributed by atoms with Gasteiger partial charge in [0.05, 0.1) is 0 Å². The molecule has 0 aliphatic rings. The topological polar surface area (TPSA) is 3.88 Å². The molecule has 0 N–H and O–H groups in total. The van der Waals surface area contributed by atoms with Gasteiger partial charge in [-0.2, -0.15) is 0 Å². The van der Waals surface area contributed by atoms with E-state index in [0.29, 0.717) is 0 Å². The maximum atomic E-state index is 2.21. The molecule has 1 nitrogen and oxygen atoms in total. The fourth-order valence-electron chi connectivity index (χ4n) is 0.924. The lowest BCUT2D eigenvalue weighted by Gasteiger charge is -1.91. The van der Waals surface area contributed by atoms with Gasteiger partial charge in [0.2, 0.25) is 0 Å². The van der Waals surface area contributed by atoms with E-state index in [4.69, 9.17) is 0 Å². The predicted molar refractivity (Wildman–Crippen MR) is 73.2 cm³/mol. The van der Waals surface area contributed by atoms with Crippen molar-refractivity contribution in [1.82, 2.24) is 0 Å². The summed E-state index contributed by atoms with van der Waals surface area (Å²) in [5, 5.41) is 0. The van der Waals surface area contributed by atoms with Crippen LogP contribution in [0.25, 0.3) is 0 Å². The SMILES string of the molecule is CCCC[n+]1ccccc1.Cl.Cl.Cl.[AlH3]. The molecular weight excluding hydrogens is 255 g/mol. The van der Waals surface area contributed by atoms with Gasteiger partial charge in [-0.1, -0.05) is 19.4 Å². The number of pyridine rings is 1. The molecule has 5 heteroatoms. The Morgan fingerprint density at radius 2 is 1.43 bits per heavy atom. The lowest BCUT2D eigenvalue weighted by Crippen LogP contribution is -2.31. The number of nitrogens with zero attached hydrogens (tertiary/aromatic N) is 1. The molecule has 1 rings (SSSR count). The number of halogens is 3. The van der Waals surface area contributed by atoms with Gasteiger partial charge in [-0.3, -0.25) is 0 Å². The van der Waals surface area contributed by atoms with Gasteiger partial charge >= 0.3 is 0 Å². The fourth-order valence-corrected chi connectivity index (χ4v) is 0.924. The van der Waals surface area contributed by atoms with Crippen molar-refractivity contribution in [2.24, 2.45) is 0 Å². The van der Waals surface area contributed by atoms with E-state index in [2.05, 4.69) is 36.0 Å². The monoisotopic (exact) mass is 274 g/mol. The summed E-state index contributed by atoms with van der Waals surface area (Å²) in [4.78, 5) is 0. The van der Waals surface area contributed by atoms with Crippen LogP contribution in [-0.4, -0.2) is 17.4 Å². The Morgan fingerprint density at radius 3 is 1.86 bits per heavy atom. The highest BCUT2D eigenvalue weighted by molar-refractivity contribution is 5.86. The molecule has 0 spiro atoms. The van der Waals surface area contributed by atoms with Crippen molar-refractivity contribution in [2.45, 2.75) is 26.3 Å². The second-order valence-electron chi connectivity index (χ2n) is 2.47. The standard InChI is InChI=1S/C9H14N.Al.3ClH.3H/c1-2-3-7-10-8-5-4-6-9-10;;;;;;;/h4-6,8-9H,2-3,7H2,1H3;;3*1H;;;/q+1;;;;;;;. The van der Waals surface area contributed by atoms with E-state index in [1.54, 1.807) is 0 Å². The molecule has 0 bridgehead atoms. The first-order chi connectivity index (χ1) is 4.93. The molecule has 0 fully saturated rings. The van der Waals surface area contributed by atoms with Gasteiger partial charge in [0.25, 0.3) is 0 Å². The first kappa shape index (κ1) is 24.0. The van der Waals surface area contributed by atoms with Crippen LogP contribution in [0.1, 0.15) is 19.8 Å². The Bertz CT molecular complexity index is 185. The van der Waals surface area contributed by atoms with E-state index >= 15 is 0 Å². The van der Waals surface area contributed by atoms with Crippen LogP contribution in [0.2, 0.25) is 0 Å². The zero-order valence-electron chi connectivity index (χ0n) is 7.68. The lowest BCUT2D eigenvalue weighted by molar-refractivity contribution is -0.697. The molecule has 0 aromatic carbocycles. The lowest BCUT2D eigenvalue weighted by atomic mass is 10.3. The Hall–Kier alpha value is 0.552. The largest absolute Gasteiger partial charge is 0.205 e. The van der Waals surface area contributed by atoms with Crippen molar-refractivity contribution in [3.8, 4) is 0 Å². The summed E-state index contributed by atoms with van der Waals surface area (Å²) in [6, 6.07) is 6.17. The summed E-state index contributed by atoms with van der Waals surface area (Å²) < 4.78 is 2.21. The third-order valence-corrected chi connectivity index (χ3v) is 1.55. The zero-order valence-corrected chi connectivity index (χ0v) is 10.1. The van der Waals surface area contributed by atoms with E-state index < -0.39 is 0 Å². The maximum Gasteiger partial charge on any atom is 0.187 e. The highest BCUT2D eigenvalue weighted by Crippen LogP contribution is 1.85. The molecule has 1 aromatic rings. The summed E-state index contributed by atoms with van der Waals surface area (Å²) in [6.07, 6.45) is 6.75. The summed E-state index contributed by atoms with van der Waals surface area (Å²) >= 11 is 0. The maximum absolute atomic E-state index is 2.21. The molecule has 1 aromatic heterocycles. The molecular formula is C9H20AlCl3N+. The zero-order chi connectivity index (χ0) is 7.23. The minimum Gasteiger partial charge on any atom is -0.205 e. The van der Waals surface area contributed by atoms with Gasteiger partial charge in [-0.15, -0.1) is 37.2 Å². The van der Waals surface area contributed by atoms with Crippen molar-refractivity contribution < 1.29 is 4.57 Å². The average Bonchev–Trinajstić information content (AvgIpc) is 2.03. The number of rotatable bonds is 3. The normalized spacial score (nSPS) is 6.93. The third kappa shape index (κ3) is 10.6. The van der Waals surface area contributed by atoms with Crippen LogP contribution in [0, 0.1) is 0 Å². The smallest absolute Gasteiger partial charge is 0.187 e. The van der Waals surface area contributed by atoms with Crippen molar-refractivity contribution >= 4 is 54.6 Å². The van der Waals surface area contributed by atoms with E-state index in [1.807, 2.05) is 6.07 Å². The third-order valence-electron chi connectivity index (χ3n) is 1.55. The molecule has 84 valence electrons. The summed E-state index contributed by atoms with van der Waals surface area (Å²) in [7, 11) is 0. The molecule has 0 amide bonds. The quantitative estimate of drug-likeness (QED) is 0.586. The Labute approximate surface area is 116 Å². The molecule has 0 saturated heterocycles. The second-order valence-corrected chi connectivity index (χ2v) is 2.47. The van der Waals surface area contributed by atoms with Crippen molar-refractivity contribution in [2.75, 3.05) is 0 Å². The highest BCUT2D eigenvalue weighted by atomic mass is 35.5. The Balaban J connectivity index is -0.000000125. The van der Waals surface area contributed by atoms with Gasteiger partial charge in [-0.25, -0.2) is 4.57 Å². The van der Waals surface area contributed by atoms with Crippen molar-refractivity contribution in [3.05, 3.63) is 30.6 Å². The van der Waals surface area contributed by atoms with Crippen LogP contribution in [-0.2, 0) is 6.54 Å². The Kier molecular flexibility index (Phi) is 27.4. The minimum atomic E-state index is 0. The molecule has 0 unspecified atom stereocenters. The van der Waals surface area contributed by atoms with Crippen molar-refractivity contribution in [1.29, 1.82) is 0 Å². The van der Waals surface area contributed by atoms with Crippen molar-refractivity contribution in [3.63, 3.8) is 0 Å². The molecule has 0 atom stereocenters. The van der Waals surface area contributed by atoms with E-state index in [1.165, 1.54) is 12.8 Å². The van der Waals surface area contributed by atoms with Gasteiger partial charge in [0.1, 0.15) is 6.54 Å². The van der Waals surface area contributed by atoms with E-state index in [-0.39, 0.29) is 54.6 Å². The average molecular weight is 276 g/mol. The van der Waals surface area contributed by atoms with Gasteiger partial charge in [-0.05, 0) is 0 Å². The van der Waals surface area contributed by atoms with Crippen LogP contribution in [0.3, 0.4) is 0 Å².